The van der Waals surface area contributed by atoms with Gasteiger partial charge in [-0.3, -0.25) is 0 Å². The quantitative estimate of drug-likeness (QED) is 0.653. The standard InChI is InChI=1S/C14H22N4OS/c1-3-10-9-11-12(16-7-5-4-6-8-19)17-14(15-2)18-13(11)20-10/h9,19H,3-8H2,1-2H3,(H2,15,16,17,18). The van der Waals surface area contributed by atoms with Crippen molar-refractivity contribution in [2.24, 2.45) is 0 Å². The summed E-state index contributed by atoms with van der Waals surface area (Å²) in [7, 11) is 1.83. The minimum absolute atomic E-state index is 0.270. The van der Waals surface area contributed by atoms with E-state index < -0.39 is 0 Å². The summed E-state index contributed by atoms with van der Waals surface area (Å²) in [6.45, 7) is 3.29. The SMILES string of the molecule is CCc1cc2c(NCCCCCO)nc(NC)nc2s1. The third-order valence-electron chi connectivity index (χ3n) is 3.14. The highest BCUT2D eigenvalue weighted by Crippen LogP contribution is 2.30. The highest BCUT2D eigenvalue weighted by atomic mass is 32.1. The average molecular weight is 294 g/mol. The molecule has 0 spiro atoms. The van der Waals surface area contributed by atoms with Gasteiger partial charge in [0, 0.05) is 25.1 Å². The molecule has 0 unspecified atom stereocenters. The summed E-state index contributed by atoms with van der Waals surface area (Å²) in [6.07, 6.45) is 3.94. The highest BCUT2D eigenvalue weighted by molar-refractivity contribution is 7.18. The van der Waals surface area contributed by atoms with Gasteiger partial charge in [0.1, 0.15) is 10.6 Å². The fourth-order valence-electron chi connectivity index (χ4n) is 2.01. The molecule has 2 rings (SSSR count). The third kappa shape index (κ3) is 3.58. The zero-order chi connectivity index (χ0) is 14.4. The number of thiophene rings is 1. The van der Waals surface area contributed by atoms with Gasteiger partial charge in [0.25, 0.3) is 0 Å². The molecule has 0 aromatic carbocycles. The number of nitrogens with zero attached hydrogens (tertiary/aromatic N) is 2. The van der Waals surface area contributed by atoms with E-state index in [1.165, 1.54) is 4.88 Å². The van der Waals surface area contributed by atoms with Crippen molar-refractivity contribution in [1.82, 2.24) is 9.97 Å². The van der Waals surface area contributed by atoms with Crippen molar-refractivity contribution >= 4 is 33.3 Å². The Morgan fingerprint density at radius 2 is 2.10 bits per heavy atom. The third-order valence-corrected chi connectivity index (χ3v) is 4.32. The van der Waals surface area contributed by atoms with E-state index in [1.807, 2.05) is 7.05 Å². The molecule has 2 heterocycles. The first-order chi connectivity index (χ1) is 9.78. The van der Waals surface area contributed by atoms with E-state index >= 15 is 0 Å². The van der Waals surface area contributed by atoms with Crippen LogP contribution >= 0.6 is 11.3 Å². The lowest BCUT2D eigenvalue weighted by molar-refractivity contribution is 0.283. The number of aliphatic hydroxyl groups excluding tert-OH is 1. The van der Waals surface area contributed by atoms with E-state index in [0.717, 1.165) is 48.3 Å². The Bertz CT molecular complexity index is 555. The molecule has 3 N–H and O–H groups in total. The Labute approximate surface area is 123 Å². The van der Waals surface area contributed by atoms with E-state index in [2.05, 4.69) is 33.6 Å². The maximum absolute atomic E-state index is 8.77. The predicted molar refractivity (Wildman–Crippen MR) is 85.8 cm³/mol. The van der Waals surface area contributed by atoms with Gasteiger partial charge in [0.15, 0.2) is 0 Å². The number of hydrogen-bond donors (Lipinski definition) is 3. The van der Waals surface area contributed by atoms with Crippen LogP contribution in [-0.4, -0.2) is 35.3 Å². The molecule has 5 nitrogen and oxygen atoms in total. The molecule has 0 aliphatic rings. The van der Waals surface area contributed by atoms with E-state index in [1.54, 1.807) is 11.3 Å². The monoisotopic (exact) mass is 294 g/mol. The largest absolute Gasteiger partial charge is 0.396 e. The van der Waals surface area contributed by atoms with Gasteiger partial charge in [0.2, 0.25) is 5.95 Å². The summed E-state index contributed by atoms with van der Waals surface area (Å²) in [5.74, 6) is 1.55. The van der Waals surface area contributed by atoms with Crippen molar-refractivity contribution in [3.8, 4) is 0 Å². The van der Waals surface area contributed by atoms with Crippen LogP contribution in [0.2, 0.25) is 0 Å². The van der Waals surface area contributed by atoms with Crippen LogP contribution in [-0.2, 0) is 6.42 Å². The van der Waals surface area contributed by atoms with Gasteiger partial charge in [-0.2, -0.15) is 4.98 Å². The number of fused-ring (bicyclic) bond motifs is 1. The van der Waals surface area contributed by atoms with E-state index in [0.29, 0.717) is 5.95 Å². The molecule has 0 aliphatic heterocycles. The number of anilines is 2. The first-order valence-corrected chi connectivity index (χ1v) is 7.93. The Kier molecular flexibility index (Phi) is 5.55. The minimum atomic E-state index is 0.270. The molecule has 2 aromatic rings. The normalized spacial score (nSPS) is 10.9. The van der Waals surface area contributed by atoms with Gasteiger partial charge >= 0.3 is 0 Å². The summed E-state index contributed by atoms with van der Waals surface area (Å²) in [6, 6.07) is 2.18. The van der Waals surface area contributed by atoms with Crippen LogP contribution in [0.15, 0.2) is 6.07 Å². The van der Waals surface area contributed by atoms with Gasteiger partial charge in [-0.1, -0.05) is 6.92 Å². The summed E-state index contributed by atoms with van der Waals surface area (Å²) >= 11 is 1.72. The Hall–Kier alpha value is -1.40. The van der Waals surface area contributed by atoms with Gasteiger partial charge in [-0.15, -0.1) is 11.3 Å². The Morgan fingerprint density at radius 3 is 2.80 bits per heavy atom. The maximum atomic E-state index is 8.77. The van der Waals surface area contributed by atoms with Gasteiger partial charge in [-0.25, -0.2) is 4.98 Å². The van der Waals surface area contributed by atoms with Crippen LogP contribution in [0.5, 0.6) is 0 Å². The molecule has 0 fully saturated rings. The molecule has 0 saturated carbocycles. The lowest BCUT2D eigenvalue weighted by atomic mass is 10.2. The van der Waals surface area contributed by atoms with Gasteiger partial charge < -0.3 is 15.7 Å². The van der Waals surface area contributed by atoms with Crippen LogP contribution in [0.1, 0.15) is 31.1 Å². The average Bonchev–Trinajstić information content (AvgIpc) is 2.89. The fraction of sp³-hybridized carbons (Fsp3) is 0.571. The molecule has 20 heavy (non-hydrogen) atoms. The lowest BCUT2D eigenvalue weighted by Gasteiger charge is -2.08. The van der Waals surface area contributed by atoms with Crippen molar-refractivity contribution in [3.63, 3.8) is 0 Å². The molecule has 110 valence electrons. The molecule has 6 heteroatoms. The minimum Gasteiger partial charge on any atom is -0.396 e. The molecule has 0 bridgehead atoms. The van der Waals surface area contributed by atoms with Gasteiger partial charge in [-0.05, 0) is 31.7 Å². The number of rotatable bonds is 8. The van der Waals surface area contributed by atoms with Crippen LogP contribution < -0.4 is 10.6 Å². The zero-order valence-corrected chi connectivity index (χ0v) is 12.9. The molecule has 2 aromatic heterocycles. The molecule has 0 saturated heterocycles. The van der Waals surface area contributed by atoms with Crippen molar-refractivity contribution in [2.45, 2.75) is 32.6 Å². The molecule has 0 aliphatic carbocycles. The summed E-state index contributed by atoms with van der Waals surface area (Å²) in [5.41, 5.74) is 0. The van der Waals surface area contributed by atoms with Crippen LogP contribution in [0.3, 0.4) is 0 Å². The number of unbranched alkanes of at least 4 members (excludes halogenated alkanes) is 2. The van der Waals surface area contributed by atoms with Crippen LogP contribution in [0.25, 0.3) is 10.2 Å². The summed E-state index contributed by atoms with van der Waals surface area (Å²) in [4.78, 5) is 11.4. The number of hydrogen-bond acceptors (Lipinski definition) is 6. The summed E-state index contributed by atoms with van der Waals surface area (Å²) in [5, 5.41) is 16.3. The number of aliphatic hydroxyl groups is 1. The second-order valence-electron chi connectivity index (χ2n) is 4.64. The Balaban J connectivity index is 2.14. The molecule has 0 radical (unpaired) electrons. The lowest BCUT2D eigenvalue weighted by Crippen LogP contribution is -2.06. The molecular formula is C14H22N4OS. The Morgan fingerprint density at radius 1 is 1.25 bits per heavy atom. The van der Waals surface area contributed by atoms with Crippen molar-refractivity contribution in [3.05, 3.63) is 10.9 Å². The summed E-state index contributed by atoms with van der Waals surface area (Å²) < 4.78 is 0. The first-order valence-electron chi connectivity index (χ1n) is 7.11. The zero-order valence-electron chi connectivity index (χ0n) is 12.1. The molecule has 0 amide bonds. The first kappa shape index (κ1) is 15.0. The smallest absolute Gasteiger partial charge is 0.225 e. The highest BCUT2D eigenvalue weighted by Gasteiger charge is 2.10. The van der Waals surface area contributed by atoms with Gasteiger partial charge in [0.05, 0.1) is 5.39 Å². The number of aromatic nitrogens is 2. The van der Waals surface area contributed by atoms with E-state index in [-0.39, 0.29) is 6.61 Å². The van der Waals surface area contributed by atoms with Crippen LogP contribution in [0.4, 0.5) is 11.8 Å². The molecule has 0 atom stereocenters. The fourth-order valence-corrected chi connectivity index (χ4v) is 2.98. The topological polar surface area (TPSA) is 70.1 Å². The van der Waals surface area contributed by atoms with Crippen LogP contribution in [0, 0.1) is 0 Å². The number of nitrogens with one attached hydrogen (secondary N) is 2. The molecular weight excluding hydrogens is 272 g/mol. The second kappa shape index (κ2) is 7.40. The maximum Gasteiger partial charge on any atom is 0.225 e. The van der Waals surface area contributed by atoms with Crippen molar-refractivity contribution < 1.29 is 5.11 Å². The van der Waals surface area contributed by atoms with E-state index in [9.17, 15) is 0 Å². The van der Waals surface area contributed by atoms with Crippen molar-refractivity contribution in [1.29, 1.82) is 0 Å². The van der Waals surface area contributed by atoms with Crippen molar-refractivity contribution in [2.75, 3.05) is 30.8 Å². The predicted octanol–water partition coefficient (Wildman–Crippen LogP) is 2.87. The second-order valence-corrected chi connectivity index (χ2v) is 5.76. The van der Waals surface area contributed by atoms with E-state index in [4.69, 9.17) is 5.11 Å². The number of aryl methyl sites for hydroxylation is 1.